The molecule has 118 valence electrons. The Bertz CT molecular complexity index is 657. The zero-order valence-electron chi connectivity index (χ0n) is 12.4. The third-order valence-corrected chi connectivity index (χ3v) is 3.93. The van der Waals surface area contributed by atoms with Crippen molar-refractivity contribution in [2.45, 2.75) is 32.9 Å². The fourth-order valence-electron chi connectivity index (χ4n) is 1.72. The van der Waals surface area contributed by atoms with Gasteiger partial charge in [0.2, 0.25) is 0 Å². The van der Waals surface area contributed by atoms with Crippen LogP contribution in [0, 0.1) is 0 Å². The van der Waals surface area contributed by atoms with Gasteiger partial charge < -0.3 is 14.5 Å². The van der Waals surface area contributed by atoms with Gasteiger partial charge in [-0.2, -0.15) is 0 Å². The molecule has 2 rings (SSSR count). The molecule has 0 bridgehead atoms. The van der Waals surface area contributed by atoms with E-state index in [0.717, 1.165) is 10.9 Å². The van der Waals surface area contributed by atoms with Crippen molar-refractivity contribution in [3.05, 3.63) is 51.3 Å². The highest BCUT2D eigenvalue weighted by atomic mass is 79.9. The van der Waals surface area contributed by atoms with Gasteiger partial charge in [0.1, 0.15) is 18.1 Å². The minimum atomic E-state index is -0.220. The number of hydrogen-bond donors (Lipinski definition) is 1. The van der Waals surface area contributed by atoms with E-state index in [9.17, 15) is 4.79 Å². The Kier molecular flexibility index (Phi) is 5.91. The van der Waals surface area contributed by atoms with E-state index in [1.165, 1.54) is 0 Å². The van der Waals surface area contributed by atoms with Crippen molar-refractivity contribution >= 4 is 33.4 Å². The van der Waals surface area contributed by atoms with Crippen LogP contribution in [0.15, 0.2) is 39.2 Å². The van der Waals surface area contributed by atoms with Crippen molar-refractivity contribution in [2.75, 3.05) is 0 Å². The van der Waals surface area contributed by atoms with E-state index in [1.807, 2.05) is 19.9 Å². The third kappa shape index (κ3) is 4.52. The first-order valence-electron chi connectivity index (χ1n) is 6.97. The number of ether oxygens (including phenoxy) is 1. The molecule has 0 saturated heterocycles. The topological polar surface area (TPSA) is 51.5 Å². The summed E-state index contributed by atoms with van der Waals surface area (Å²) in [4.78, 5) is 11.9. The summed E-state index contributed by atoms with van der Waals surface area (Å²) in [5.41, 5.74) is 0. The summed E-state index contributed by atoms with van der Waals surface area (Å²) in [6, 6.07) is 8.83. The van der Waals surface area contributed by atoms with Gasteiger partial charge in [-0.15, -0.1) is 0 Å². The number of carbonyl (C=O) groups excluding carboxylic acids is 1. The maximum Gasteiger partial charge on any atom is 0.287 e. The summed E-state index contributed by atoms with van der Waals surface area (Å²) >= 11 is 9.41. The molecule has 0 aliphatic carbocycles. The minimum Gasteiger partial charge on any atom is -0.484 e. The van der Waals surface area contributed by atoms with Crippen LogP contribution in [-0.2, 0) is 6.61 Å². The molecule has 22 heavy (non-hydrogen) atoms. The molecule has 1 heterocycles. The lowest BCUT2D eigenvalue weighted by molar-refractivity contribution is 0.0907. The van der Waals surface area contributed by atoms with Gasteiger partial charge in [-0.25, -0.2) is 0 Å². The first kappa shape index (κ1) is 16.9. The lowest BCUT2D eigenvalue weighted by atomic mass is 10.2. The lowest BCUT2D eigenvalue weighted by Crippen LogP contribution is -2.31. The van der Waals surface area contributed by atoms with Gasteiger partial charge in [0.25, 0.3) is 5.91 Å². The smallest absolute Gasteiger partial charge is 0.287 e. The molecule has 1 atom stereocenters. The Morgan fingerprint density at radius 3 is 2.86 bits per heavy atom. The van der Waals surface area contributed by atoms with E-state index in [-0.39, 0.29) is 24.3 Å². The Labute approximate surface area is 142 Å². The van der Waals surface area contributed by atoms with Crippen LogP contribution in [0.2, 0.25) is 5.02 Å². The summed E-state index contributed by atoms with van der Waals surface area (Å²) in [6.45, 7) is 4.16. The highest BCUT2D eigenvalue weighted by Crippen LogP contribution is 2.28. The zero-order valence-corrected chi connectivity index (χ0v) is 14.7. The molecule has 1 aromatic carbocycles. The van der Waals surface area contributed by atoms with Gasteiger partial charge in [0.05, 0.1) is 5.02 Å². The summed E-state index contributed by atoms with van der Waals surface area (Å²) in [6.07, 6.45) is 0.866. The second-order valence-corrected chi connectivity index (χ2v) is 6.24. The normalized spacial score (nSPS) is 12.0. The van der Waals surface area contributed by atoms with Gasteiger partial charge in [0, 0.05) is 10.5 Å². The molecule has 0 spiro atoms. The van der Waals surface area contributed by atoms with Crippen LogP contribution < -0.4 is 10.1 Å². The van der Waals surface area contributed by atoms with Crippen LogP contribution in [0.3, 0.4) is 0 Å². The van der Waals surface area contributed by atoms with Crippen molar-refractivity contribution in [3.63, 3.8) is 0 Å². The number of carbonyl (C=O) groups is 1. The van der Waals surface area contributed by atoms with E-state index in [1.54, 1.807) is 24.3 Å². The maximum atomic E-state index is 11.9. The van der Waals surface area contributed by atoms with Crippen molar-refractivity contribution in [2.24, 2.45) is 0 Å². The molecule has 0 aliphatic heterocycles. The molecule has 1 unspecified atom stereocenters. The van der Waals surface area contributed by atoms with Crippen LogP contribution in [0.4, 0.5) is 0 Å². The average molecular weight is 387 g/mol. The molecule has 2 aromatic rings. The van der Waals surface area contributed by atoms with Gasteiger partial charge in [-0.3, -0.25) is 4.79 Å². The second-order valence-electron chi connectivity index (χ2n) is 4.91. The molecule has 1 amide bonds. The number of hydrogen-bond acceptors (Lipinski definition) is 3. The number of benzene rings is 1. The largest absolute Gasteiger partial charge is 0.484 e. The monoisotopic (exact) mass is 385 g/mol. The maximum absolute atomic E-state index is 11.9. The summed E-state index contributed by atoms with van der Waals surface area (Å²) in [5, 5.41) is 3.36. The number of nitrogens with one attached hydrogen (secondary N) is 1. The fraction of sp³-hybridized carbons (Fsp3) is 0.312. The number of halogens is 2. The third-order valence-electron chi connectivity index (χ3n) is 3.14. The minimum absolute atomic E-state index is 0.110. The van der Waals surface area contributed by atoms with Crippen LogP contribution in [0.1, 0.15) is 36.6 Å². The van der Waals surface area contributed by atoms with Gasteiger partial charge in [-0.05, 0) is 43.7 Å². The molecule has 1 N–H and O–H groups in total. The van der Waals surface area contributed by atoms with Crippen molar-refractivity contribution in [1.29, 1.82) is 0 Å². The van der Waals surface area contributed by atoms with Gasteiger partial charge in [-0.1, -0.05) is 34.5 Å². The first-order chi connectivity index (χ1) is 10.5. The van der Waals surface area contributed by atoms with Gasteiger partial charge in [0.15, 0.2) is 5.76 Å². The van der Waals surface area contributed by atoms with Crippen LogP contribution in [-0.4, -0.2) is 11.9 Å². The lowest BCUT2D eigenvalue weighted by Gasteiger charge is -2.09. The number of amides is 1. The predicted octanol–water partition coefficient (Wildman–Crippen LogP) is 4.80. The SMILES string of the molecule is CCC(C)NC(=O)c1ccc(COc2ccc(Br)cc2Cl)o1. The molecule has 0 aliphatic rings. The molecule has 0 radical (unpaired) electrons. The Hall–Kier alpha value is -1.46. The molecular formula is C16H17BrClNO3. The van der Waals surface area contributed by atoms with Crippen LogP contribution >= 0.6 is 27.5 Å². The van der Waals surface area contributed by atoms with Crippen LogP contribution in [0.25, 0.3) is 0 Å². The van der Waals surface area contributed by atoms with E-state index in [0.29, 0.717) is 16.5 Å². The Morgan fingerprint density at radius 1 is 1.41 bits per heavy atom. The molecule has 1 aromatic heterocycles. The predicted molar refractivity (Wildman–Crippen MR) is 89.4 cm³/mol. The summed E-state index contributed by atoms with van der Waals surface area (Å²) < 4.78 is 12.0. The highest BCUT2D eigenvalue weighted by Gasteiger charge is 2.13. The molecule has 0 fully saturated rings. The second kappa shape index (κ2) is 7.70. The standard InChI is InChI=1S/C16H17BrClNO3/c1-3-10(2)19-16(20)15-7-5-12(22-15)9-21-14-6-4-11(17)8-13(14)18/h4-8,10H,3,9H2,1-2H3,(H,19,20). The van der Waals surface area contributed by atoms with Crippen LogP contribution in [0.5, 0.6) is 5.75 Å². The van der Waals surface area contributed by atoms with Crippen molar-refractivity contribution < 1.29 is 13.9 Å². The number of furan rings is 1. The summed E-state index contributed by atoms with van der Waals surface area (Å²) in [7, 11) is 0. The fourth-order valence-corrected chi connectivity index (χ4v) is 2.44. The van der Waals surface area contributed by atoms with Gasteiger partial charge >= 0.3 is 0 Å². The van der Waals surface area contributed by atoms with Crippen molar-refractivity contribution in [3.8, 4) is 5.75 Å². The molecular weight excluding hydrogens is 370 g/mol. The Balaban J connectivity index is 1.96. The number of rotatable bonds is 6. The summed E-state index contributed by atoms with van der Waals surface area (Å²) in [5.74, 6) is 1.18. The van der Waals surface area contributed by atoms with E-state index in [2.05, 4.69) is 21.2 Å². The molecule has 6 heteroatoms. The first-order valence-corrected chi connectivity index (χ1v) is 8.14. The quantitative estimate of drug-likeness (QED) is 0.775. The van der Waals surface area contributed by atoms with Crippen molar-refractivity contribution in [1.82, 2.24) is 5.32 Å². The highest BCUT2D eigenvalue weighted by molar-refractivity contribution is 9.10. The Morgan fingerprint density at radius 2 is 2.18 bits per heavy atom. The van der Waals surface area contributed by atoms with E-state index in [4.69, 9.17) is 20.8 Å². The zero-order chi connectivity index (χ0) is 16.1. The van der Waals surface area contributed by atoms with E-state index >= 15 is 0 Å². The molecule has 4 nitrogen and oxygen atoms in total. The average Bonchev–Trinajstić information content (AvgIpc) is 2.95. The van der Waals surface area contributed by atoms with E-state index < -0.39 is 0 Å². The molecule has 0 saturated carbocycles.